The molecule has 102 valence electrons. The summed E-state index contributed by atoms with van der Waals surface area (Å²) in [6, 6.07) is 3.93. The number of nitriles is 1. The molecular formula is C13H16N2O3S. The molecule has 0 bridgehead atoms. The van der Waals surface area contributed by atoms with Crippen LogP contribution in [-0.4, -0.2) is 25.5 Å². The predicted molar refractivity (Wildman–Crippen MR) is 72.9 cm³/mol. The average Bonchev–Trinajstić information content (AvgIpc) is 2.89. The fourth-order valence-corrected chi connectivity index (χ4v) is 2.64. The average molecular weight is 280 g/mol. The van der Waals surface area contributed by atoms with Gasteiger partial charge in [-0.15, -0.1) is 11.3 Å². The van der Waals surface area contributed by atoms with E-state index in [0.29, 0.717) is 0 Å². The number of hydrogen-bond acceptors (Lipinski definition) is 5. The minimum Gasteiger partial charge on any atom is -0.469 e. The van der Waals surface area contributed by atoms with Gasteiger partial charge in [-0.2, -0.15) is 5.26 Å². The van der Waals surface area contributed by atoms with E-state index in [1.165, 1.54) is 23.3 Å². The van der Waals surface area contributed by atoms with E-state index in [2.05, 4.69) is 4.74 Å². The van der Waals surface area contributed by atoms with Gasteiger partial charge in [0.1, 0.15) is 11.5 Å². The molecule has 0 saturated carbocycles. The highest BCUT2D eigenvalue weighted by molar-refractivity contribution is 7.14. The van der Waals surface area contributed by atoms with Crippen molar-refractivity contribution in [2.24, 2.45) is 0 Å². The molecule has 1 amide bonds. The highest BCUT2D eigenvalue weighted by Crippen LogP contribution is 2.28. The SMILES string of the molecule is CCc1ccsc1N(CC#N)C(=O)CCC(=O)OC. The van der Waals surface area contributed by atoms with Gasteiger partial charge in [-0.05, 0) is 23.4 Å². The maximum absolute atomic E-state index is 12.1. The molecule has 0 aromatic carbocycles. The molecule has 0 aliphatic heterocycles. The molecule has 0 unspecified atom stereocenters. The Morgan fingerprint density at radius 3 is 2.79 bits per heavy atom. The van der Waals surface area contributed by atoms with Crippen LogP contribution in [0.2, 0.25) is 0 Å². The van der Waals surface area contributed by atoms with Crippen LogP contribution in [0.5, 0.6) is 0 Å². The Bertz CT molecular complexity index is 490. The first-order chi connectivity index (χ1) is 9.13. The van der Waals surface area contributed by atoms with Gasteiger partial charge in [0.25, 0.3) is 0 Å². The largest absolute Gasteiger partial charge is 0.469 e. The topological polar surface area (TPSA) is 70.4 Å². The molecule has 6 heteroatoms. The maximum Gasteiger partial charge on any atom is 0.306 e. The number of carbonyl (C=O) groups is 2. The number of esters is 1. The van der Waals surface area contributed by atoms with Gasteiger partial charge in [-0.1, -0.05) is 6.92 Å². The second kappa shape index (κ2) is 7.54. The third-order valence-electron chi connectivity index (χ3n) is 2.65. The van der Waals surface area contributed by atoms with E-state index < -0.39 is 5.97 Å². The molecule has 0 saturated heterocycles. The highest BCUT2D eigenvalue weighted by Gasteiger charge is 2.20. The number of carbonyl (C=O) groups excluding carboxylic acids is 2. The van der Waals surface area contributed by atoms with Gasteiger partial charge in [-0.25, -0.2) is 0 Å². The molecule has 19 heavy (non-hydrogen) atoms. The molecule has 5 nitrogen and oxygen atoms in total. The first-order valence-corrected chi connectivity index (χ1v) is 6.82. The fraction of sp³-hybridized carbons (Fsp3) is 0.462. The fourth-order valence-electron chi connectivity index (χ4n) is 1.62. The van der Waals surface area contributed by atoms with E-state index in [1.807, 2.05) is 24.4 Å². The number of methoxy groups -OCH3 is 1. The van der Waals surface area contributed by atoms with Crippen LogP contribution in [0.15, 0.2) is 11.4 Å². The molecule has 0 aliphatic carbocycles. The normalized spacial score (nSPS) is 9.74. The first kappa shape index (κ1) is 15.2. The summed E-state index contributed by atoms with van der Waals surface area (Å²) in [6.45, 7) is 1.99. The van der Waals surface area contributed by atoms with Crippen LogP contribution in [0.25, 0.3) is 0 Å². The number of thiophene rings is 1. The molecular weight excluding hydrogens is 264 g/mol. The molecule has 0 aliphatic rings. The molecule has 0 atom stereocenters. The van der Waals surface area contributed by atoms with Gasteiger partial charge in [0, 0.05) is 6.42 Å². The smallest absolute Gasteiger partial charge is 0.306 e. The number of hydrogen-bond donors (Lipinski definition) is 0. The Hall–Kier alpha value is -1.87. The lowest BCUT2D eigenvalue weighted by molar-refractivity contribution is -0.141. The Labute approximate surface area is 116 Å². The van der Waals surface area contributed by atoms with E-state index in [4.69, 9.17) is 5.26 Å². The monoisotopic (exact) mass is 280 g/mol. The summed E-state index contributed by atoms with van der Waals surface area (Å²) in [6.07, 6.45) is 0.880. The lowest BCUT2D eigenvalue weighted by Crippen LogP contribution is -2.31. The zero-order chi connectivity index (χ0) is 14.3. The van der Waals surface area contributed by atoms with Gasteiger partial charge in [0.05, 0.1) is 19.6 Å². The van der Waals surface area contributed by atoms with Gasteiger partial charge >= 0.3 is 5.97 Å². The number of aryl methyl sites for hydroxylation is 1. The van der Waals surface area contributed by atoms with E-state index in [-0.39, 0.29) is 25.3 Å². The minimum absolute atomic E-state index is 0.00643. The molecule has 1 aromatic rings. The molecule has 0 radical (unpaired) electrons. The van der Waals surface area contributed by atoms with Crippen molar-refractivity contribution in [3.8, 4) is 6.07 Å². The Morgan fingerprint density at radius 2 is 2.21 bits per heavy atom. The molecule has 1 aromatic heterocycles. The Balaban J connectivity index is 2.80. The van der Waals surface area contributed by atoms with Crippen LogP contribution in [0, 0.1) is 11.3 Å². The quantitative estimate of drug-likeness (QED) is 0.591. The summed E-state index contributed by atoms with van der Waals surface area (Å²) in [4.78, 5) is 24.6. The maximum atomic E-state index is 12.1. The lowest BCUT2D eigenvalue weighted by Gasteiger charge is -2.19. The second-order valence-electron chi connectivity index (χ2n) is 3.82. The molecule has 1 rings (SSSR count). The van der Waals surface area contributed by atoms with Crippen molar-refractivity contribution in [2.75, 3.05) is 18.6 Å². The number of ether oxygens (including phenoxy) is 1. The zero-order valence-electron chi connectivity index (χ0n) is 11.0. The summed E-state index contributed by atoms with van der Waals surface area (Å²) < 4.78 is 4.50. The van der Waals surface area contributed by atoms with Crippen molar-refractivity contribution < 1.29 is 14.3 Å². The van der Waals surface area contributed by atoms with E-state index in [0.717, 1.165) is 17.0 Å². The second-order valence-corrected chi connectivity index (χ2v) is 4.71. The zero-order valence-corrected chi connectivity index (χ0v) is 11.8. The molecule has 0 N–H and O–H groups in total. The predicted octanol–water partition coefficient (Wildman–Crippen LogP) is 2.12. The Morgan fingerprint density at radius 1 is 1.47 bits per heavy atom. The lowest BCUT2D eigenvalue weighted by atomic mass is 10.2. The summed E-state index contributed by atoms with van der Waals surface area (Å²) >= 11 is 1.43. The van der Waals surface area contributed by atoms with Crippen molar-refractivity contribution >= 4 is 28.2 Å². The van der Waals surface area contributed by atoms with Crippen molar-refractivity contribution in [1.29, 1.82) is 5.26 Å². The number of rotatable bonds is 6. The highest BCUT2D eigenvalue weighted by atomic mass is 32.1. The van der Waals surface area contributed by atoms with Gasteiger partial charge in [-0.3, -0.25) is 14.5 Å². The summed E-state index contributed by atoms with van der Waals surface area (Å²) in [7, 11) is 1.29. The standard InChI is InChI=1S/C13H16N2O3S/c1-3-10-6-9-19-13(10)15(8-7-14)11(16)4-5-12(17)18-2/h6,9H,3-5,8H2,1-2H3. The third kappa shape index (κ3) is 4.07. The molecule has 1 heterocycles. The molecule has 0 fully saturated rings. The van der Waals surface area contributed by atoms with Crippen LogP contribution < -0.4 is 4.90 Å². The van der Waals surface area contributed by atoms with Crippen LogP contribution in [0.4, 0.5) is 5.00 Å². The van der Waals surface area contributed by atoms with Crippen LogP contribution >= 0.6 is 11.3 Å². The first-order valence-electron chi connectivity index (χ1n) is 5.94. The number of amides is 1. The third-order valence-corrected chi connectivity index (χ3v) is 3.63. The van der Waals surface area contributed by atoms with E-state index in [1.54, 1.807) is 0 Å². The summed E-state index contributed by atoms with van der Waals surface area (Å²) in [5, 5.41) is 11.5. The van der Waals surface area contributed by atoms with Crippen molar-refractivity contribution in [3.63, 3.8) is 0 Å². The van der Waals surface area contributed by atoms with Crippen LogP contribution in [0.1, 0.15) is 25.3 Å². The van der Waals surface area contributed by atoms with Crippen molar-refractivity contribution in [1.82, 2.24) is 0 Å². The number of anilines is 1. The van der Waals surface area contributed by atoms with Gasteiger partial charge < -0.3 is 4.74 Å². The summed E-state index contributed by atoms with van der Waals surface area (Å²) in [5.41, 5.74) is 1.03. The summed E-state index contributed by atoms with van der Waals surface area (Å²) in [5.74, 6) is -0.656. The van der Waals surface area contributed by atoms with Crippen LogP contribution in [0.3, 0.4) is 0 Å². The van der Waals surface area contributed by atoms with Crippen molar-refractivity contribution in [2.45, 2.75) is 26.2 Å². The van der Waals surface area contributed by atoms with E-state index in [9.17, 15) is 9.59 Å². The van der Waals surface area contributed by atoms with Gasteiger partial charge in [0.15, 0.2) is 0 Å². The van der Waals surface area contributed by atoms with E-state index >= 15 is 0 Å². The van der Waals surface area contributed by atoms with Gasteiger partial charge in [0.2, 0.25) is 5.91 Å². The minimum atomic E-state index is -0.424. The Kier molecular flexibility index (Phi) is 6.03. The van der Waals surface area contributed by atoms with Crippen molar-refractivity contribution in [3.05, 3.63) is 17.0 Å². The number of nitrogens with zero attached hydrogens (tertiary/aromatic N) is 2. The molecule has 0 spiro atoms. The van der Waals surface area contributed by atoms with Crippen LogP contribution in [-0.2, 0) is 20.7 Å².